The summed E-state index contributed by atoms with van der Waals surface area (Å²) in [7, 11) is 0. The van der Waals surface area contributed by atoms with Gasteiger partial charge in [-0.25, -0.2) is 0 Å². The third-order valence-corrected chi connectivity index (χ3v) is 3.31. The van der Waals surface area contributed by atoms with Crippen LogP contribution in [0.1, 0.15) is 5.56 Å². The molecule has 2 rings (SSSR count). The van der Waals surface area contributed by atoms with Crippen LogP contribution in [0.15, 0.2) is 23.1 Å². The molecule has 2 nitrogen and oxygen atoms in total. The Bertz CT molecular complexity index is 367. The number of hydrogen-bond acceptors (Lipinski definition) is 2. The first-order valence-electron chi connectivity index (χ1n) is 4.41. The van der Waals surface area contributed by atoms with E-state index in [1.807, 2.05) is 12.1 Å². The Labute approximate surface area is 92.0 Å². The zero-order valence-electron chi connectivity index (χ0n) is 7.55. The van der Waals surface area contributed by atoms with Crippen molar-refractivity contribution in [1.29, 1.82) is 0 Å². The van der Waals surface area contributed by atoms with E-state index in [1.54, 1.807) is 11.8 Å². The largest absolute Gasteiger partial charge is 0.324 e. The second-order valence-electron chi connectivity index (χ2n) is 3.11. The molecule has 1 heterocycles. The van der Waals surface area contributed by atoms with E-state index in [-0.39, 0.29) is 5.91 Å². The number of fused-ring (bicyclic) bond motifs is 1. The van der Waals surface area contributed by atoms with Crippen LogP contribution in [0, 0.1) is 0 Å². The Morgan fingerprint density at radius 3 is 3.14 bits per heavy atom. The molecule has 0 saturated heterocycles. The SMILES string of the molecule is O=C1CSc2cc(CCCl)ccc2N1. The molecule has 14 heavy (non-hydrogen) atoms. The van der Waals surface area contributed by atoms with Crippen molar-refractivity contribution in [1.82, 2.24) is 0 Å². The van der Waals surface area contributed by atoms with Crippen LogP contribution in [-0.4, -0.2) is 17.5 Å². The van der Waals surface area contributed by atoms with Crippen LogP contribution in [-0.2, 0) is 11.2 Å². The molecular formula is C10H10ClNOS. The zero-order chi connectivity index (χ0) is 9.97. The van der Waals surface area contributed by atoms with Gasteiger partial charge in [-0.15, -0.1) is 23.4 Å². The quantitative estimate of drug-likeness (QED) is 0.787. The van der Waals surface area contributed by atoms with Gasteiger partial charge in [-0.3, -0.25) is 4.79 Å². The van der Waals surface area contributed by atoms with Crippen LogP contribution in [0.2, 0.25) is 0 Å². The Morgan fingerprint density at radius 2 is 2.36 bits per heavy atom. The number of thioether (sulfide) groups is 1. The van der Waals surface area contributed by atoms with Gasteiger partial charge < -0.3 is 5.32 Å². The number of carbonyl (C=O) groups excluding carboxylic acids is 1. The van der Waals surface area contributed by atoms with Gasteiger partial charge in [-0.05, 0) is 24.1 Å². The fourth-order valence-corrected chi connectivity index (χ4v) is 2.47. The van der Waals surface area contributed by atoms with Gasteiger partial charge in [0.05, 0.1) is 11.4 Å². The van der Waals surface area contributed by atoms with Crippen molar-refractivity contribution in [3.8, 4) is 0 Å². The number of anilines is 1. The van der Waals surface area contributed by atoms with Crippen molar-refractivity contribution in [3.63, 3.8) is 0 Å². The second-order valence-corrected chi connectivity index (χ2v) is 4.50. The lowest BCUT2D eigenvalue weighted by Crippen LogP contribution is -2.18. The number of benzene rings is 1. The van der Waals surface area contributed by atoms with Crippen LogP contribution >= 0.6 is 23.4 Å². The topological polar surface area (TPSA) is 29.1 Å². The fraction of sp³-hybridized carbons (Fsp3) is 0.300. The average molecular weight is 228 g/mol. The van der Waals surface area contributed by atoms with E-state index in [0.29, 0.717) is 11.6 Å². The maximum atomic E-state index is 11.1. The van der Waals surface area contributed by atoms with Crippen molar-refractivity contribution in [2.45, 2.75) is 11.3 Å². The van der Waals surface area contributed by atoms with E-state index >= 15 is 0 Å². The summed E-state index contributed by atoms with van der Waals surface area (Å²) >= 11 is 7.25. The minimum absolute atomic E-state index is 0.0765. The van der Waals surface area contributed by atoms with Gasteiger partial charge in [0.25, 0.3) is 0 Å². The van der Waals surface area contributed by atoms with Gasteiger partial charge in [0.15, 0.2) is 0 Å². The van der Waals surface area contributed by atoms with Crippen LogP contribution in [0.4, 0.5) is 5.69 Å². The van der Waals surface area contributed by atoms with Gasteiger partial charge in [-0.2, -0.15) is 0 Å². The Morgan fingerprint density at radius 1 is 1.50 bits per heavy atom. The fourth-order valence-electron chi connectivity index (χ4n) is 1.38. The standard InChI is InChI=1S/C10H10ClNOS/c11-4-3-7-1-2-8-9(5-7)14-6-10(13)12-8/h1-2,5H,3-4,6H2,(H,12,13). The molecule has 4 heteroatoms. The summed E-state index contributed by atoms with van der Waals surface area (Å²) < 4.78 is 0. The molecule has 1 aromatic rings. The van der Waals surface area contributed by atoms with E-state index in [2.05, 4.69) is 11.4 Å². The summed E-state index contributed by atoms with van der Waals surface area (Å²) in [4.78, 5) is 12.2. The summed E-state index contributed by atoms with van der Waals surface area (Å²) in [5.74, 6) is 1.22. The van der Waals surface area contributed by atoms with Crippen LogP contribution < -0.4 is 5.32 Å². The number of carbonyl (C=O) groups is 1. The van der Waals surface area contributed by atoms with E-state index in [9.17, 15) is 4.79 Å². The number of rotatable bonds is 2. The van der Waals surface area contributed by atoms with Gasteiger partial charge in [0.2, 0.25) is 5.91 Å². The second kappa shape index (κ2) is 4.24. The maximum absolute atomic E-state index is 11.1. The highest BCUT2D eigenvalue weighted by Crippen LogP contribution is 2.32. The highest BCUT2D eigenvalue weighted by molar-refractivity contribution is 8.00. The number of amides is 1. The molecule has 1 aliphatic heterocycles. The molecule has 74 valence electrons. The summed E-state index contributed by atoms with van der Waals surface area (Å²) in [5, 5.41) is 2.84. The molecule has 0 aliphatic carbocycles. The maximum Gasteiger partial charge on any atom is 0.234 e. The number of alkyl halides is 1. The molecule has 0 atom stereocenters. The predicted molar refractivity (Wildman–Crippen MR) is 60.2 cm³/mol. The molecule has 1 aliphatic rings. The van der Waals surface area contributed by atoms with E-state index < -0.39 is 0 Å². The smallest absolute Gasteiger partial charge is 0.234 e. The molecular weight excluding hydrogens is 218 g/mol. The van der Waals surface area contributed by atoms with Crippen molar-refractivity contribution in [2.24, 2.45) is 0 Å². The van der Waals surface area contributed by atoms with E-state index in [1.165, 1.54) is 5.56 Å². The number of aryl methyl sites for hydroxylation is 1. The van der Waals surface area contributed by atoms with Crippen LogP contribution in [0.5, 0.6) is 0 Å². The minimum Gasteiger partial charge on any atom is -0.324 e. The summed E-state index contributed by atoms with van der Waals surface area (Å²) in [6, 6.07) is 6.05. The average Bonchev–Trinajstić information content (AvgIpc) is 2.19. The number of hydrogen-bond donors (Lipinski definition) is 1. The molecule has 0 unspecified atom stereocenters. The molecule has 1 aromatic carbocycles. The molecule has 0 bridgehead atoms. The molecule has 1 amide bonds. The summed E-state index contributed by atoms with van der Waals surface area (Å²) in [5.41, 5.74) is 2.15. The third kappa shape index (κ3) is 2.04. The lowest BCUT2D eigenvalue weighted by Gasteiger charge is -2.16. The number of halogens is 1. The molecule has 0 fully saturated rings. The first-order chi connectivity index (χ1) is 6.79. The minimum atomic E-state index is 0.0765. The van der Waals surface area contributed by atoms with Crippen molar-refractivity contribution in [2.75, 3.05) is 16.9 Å². The third-order valence-electron chi connectivity index (χ3n) is 2.06. The van der Waals surface area contributed by atoms with Crippen LogP contribution in [0.3, 0.4) is 0 Å². The van der Waals surface area contributed by atoms with Crippen molar-refractivity contribution in [3.05, 3.63) is 23.8 Å². The van der Waals surface area contributed by atoms with E-state index in [4.69, 9.17) is 11.6 Å². The van der Waals surface area contributed by atoms with Gasteiger partial charge in [-0.1, -0.05) is 6.07 Å². The number of nitrogens with one attached hydrogen (secondary N) is 1. The molecule has 0 radical (unpaired) electrons. The van der Waals surface area contributed by atoms with Gasteiger partial charge >= 0.3 is 0 Å². The summed E-state index contributed by atoms with van der Waals surface area (Å²) in [6.07, 6.45) is 0.878. The van der Waals surface area contributed by atoms with Crippen molar-refractivity contribution >= 4 is 35.0 Å². The Balaban J connectivity index is 2.26. The monoisotopic (exact) mass is 227 g/mol. The highest BCUT2D eigenvalue weighted by atomic mass is 35.5. The first kappa shape index (κ1) is 9.87. The van der Waals surface area contributed by atoms with Gasteiger partial charge in [0, 0.05) is 10.8 Å². The zero-order valence-corrected chi connectivity index (χ0v) is 9.12. The summed E-state index contributed by atoms with van der Waals surface area (Å²) in [6.45, 7) is 0. The molecule has 0 spiro atoms. The Hall–Kier alpha value is -0.670. The molecule has 0 aromatic heterocycles. The normalized spacial score (nSPS) is 14.8. The molecule has 1 N–H and O–H groups in total. The highest BCUT2D eigenvalue weighted by Gasteiger charge is 2.14. The van der Waals surface area contributed by atoms with Crippen LogP contribution in [0.25, 0.3) is 0 Å². The lowest BCUT2D eigenvalue weighted by atomic mass is 10.1. The molecule has 0 saturated carbocycles. The van der Waals surface area contributed by atoms with Gasteiger partial charge in [0.1, 0.15) is 0 Å². The Kier molecular flexibility index (Phi) is 2.99. The first-order valence-corrected chi connectivity index (χ1v) is 5.93. The van der Waals surface area contributed by atoms with E-state index in [0.717, 1.165) is 17.0 Å². The lowest BCUT2D eigenvalue weighted by molar-refractivity contribution is -0.113. The predicted octanol–water partition coefficient (Wildman–Crippen LogP) is 2.51. The van der Waals surface area contributed by atoms with Crippen molar-refractivity contribution < 1.29 is 4.79 Å².